The number of aromatic nitrogens is 4. The first-order chi connectivity index (χ1) is 23.7. The van der Waals surface area contributed by atoms with E-state index in [1.807, 2.05) is 0 Å². The van der Waals surface area contributed by atoms with Gasteiger partial charge in [0.15, 0.2) is 0 Å². The second-order valence-corrected chi connectivity index (χ2v) is 14.8. The minimum atomic E-state index is 1.09. The van der Waals surface area contributed by atoms with Gasteiger partial charge in [-0.3, -0.25) is 0 Å². The van der Waals surface area contributed by atoms with Gasteiger partial charge in [0.05, 0.1) is 22.8 Å². The predicted octanol–water partition coefficient (Wildman–Crippen LogP) is 9.68. The molecule has 5 heterocycles. The van der Waals surface area contributed by atoms with Crippen LogP contribution in [-0.4, -0.2) is 19.9 Å². The van der Waals surface area contributed by atoms with Crippen molar-refractivity contribution >= 4 is 43.6 Å². The monoisotopic (exact) mass is 614 g/mol. The number of H-pyrrole nitrogens is 2. The van der Waals surface area contributed by atoms with Crippen molar-refractivity contribution in [3.8, 4) is 45.0 Å². The molecular formula is C44H30N4. The van der Waals surface area contributed by atoms with Gasteiger partial charge in [-0.2, -0.15) is 0 Å². The highest BCUT2D eigenvalue weighted by Crippen LogP contribution is 2.49. The summed E-state index contributed by atoms with van der Waals surface area (Å²) in [5.74, 6) is 0. The second-order valence-electron chi connectivity index (χ2n) is 14.8. The smallest absolute Gasteiger partial charge is 0.0740 e. The summed E-state index contributed by atoms with van der Waals surface area (Å²) >= 11 is 0. The molecule has 0 unspecified atom stereocenters. The highest BCUT2D eigenvalue weighted by molar-refractivity contribution is 6.14. The van der Waals surface area contributed by atoms with Gasteiger partial charge in [-0.05, 0) is 120 Å². The lowest BCUT2D eigenvalue weighted by Crippen LogP contribution is -2.04. The van der Waals surface area contributed by atoms with Crippen LogP contribution >= 0.6 is 0 Å². The molecule has 48 heavy (non-hydrogen) atoms. The normalized spacial score (nSPS) is 15.7. The molecule has 4 aromatic carbocycles. The summed E-state index contributed by atoms with van der Waals surface area (Å²) in [5, 5.41) is 5.45. The van der Waals surface area contributed by atoms with E-state index in [1.165, 1.54) is 110 Å². The van der Waals surface area contributed by atoms with Crippen LogP contribution in [-0.2, 0) is 51.4 Å². The summed E-state index contributed by atoms with van der Waals surface area (Å²) in [5.41, 5.74) is 25.7. The number of aromatic amines is 2. The van der Waals surface area contributed by atoms with Crippen LogP contribution in [0.5, 0.6) is 0 Å². The van der Waals surface area contributed by atoms with Crippen LogP contribution in [0.2, 0.25) is 0 Å². The minimum absolute atomic E-state index is 1.09. The summed E-state index contributed by atoms with van der Waals surface area (Å²) in [6, 6.07) is 28.2. The molecule has 8 aliphatic carbocycles. The first-order valence-electron chi connectivity index (χ1n) is 17.7. The molecule has 0 atom stereocenters. The Bertz CT molecular complexity index is 2510. The van der Waals surface area contributed by atoms with Crippen molar-refractivity contribution in [3.05, 3.63) is 117 Å². The summed E-state index contributed by atoms with van der Waals surface area (Å²) in [4.78, 5) is 18.9. The molecule has 0 spiro atoms. The Balaban J connectivity index is 1.27. The summed E-state index contributed by atoms with van der Waals surface area (Å²) < 4.78 is 0. The molecule has 0 radical (unpaired) electrons. The Morgan fingerprint density at radius 3 is 0.771 bits per heavy atom. The van der Waals surface area contributed by atoms with Gasteiger partial charge in [-0.15, -0.1) is 0 Å². The molecule has 0 fully saturated rings. The van der Waals surface area contributed by atoms with Gasteiger partial charge in [-0.1, -0.05) is 48.5 Å². The Kier molecular flexibility index (Phi) is 4.27. The third-order valence-corrected chi connectivity index (χ3v) is 12.4. The molecule has 4 heteroatoms. The molecule has 3 aromatic heterocycles. The molecule has 2 N–H and O–H groups in total. The van der Waals surface area contributed by atoms with Crippen LogP contribution in [0.25, 0.3) is 88.6 Å². The van der Waals surface area contributed by atoms with Crippen molar-refractivity contribution in [1.82, 2.24) is 19.9 Å². The van der Waals surface area contributed by atoms with E-state index in [-0.39, 0.29) is 0 Å². The molecule has 17 rings (SSSR count). The van der Waals surface area contributed by atoms with E-state index in [9.17, 15) is 0 Å². The zero-order valence-corrected chi connectivity index (χ0v) is 26.5. The molecule has 4 nitrogen and oxygen atoms in total. The largest absolute Gasteiger partial charge is 0.354 e. The number of fused-ring (bicyclic) bond motifs is 16. The number of aryl methyl sites for hydroxylation is 8. The van der Waals surface area contributed by atoms with E-state index in [0.717, 1.165) is 74.1 Å². The lowest BCUT2D eigenvalue weighted by Gasteiger charge is -2.19. The predicted molar refractivity (Wildman–Crippen MR) is 195 cm³/mol. The minimum Gasteiger partial charge on any atom is -0.354 e. The van der Waals surface area contributed by atoms with Gasteiger partial charge in [-0.25, -0.2) is 9.97 Å². The molecule has 0 saturated carbocycles. The van der Waals surface area contributed by atoms with Crippen molar-refractivity contribution in [2.45, 2.75) is 51.4 Å². The average molecular weight is 615 g/mol. The lowest BCUT2D eigenvalue weighted by atomic mass is 9.83. The Hall–Kier alpha value is -5.48. The maximum absolute atomic E-state index is 5.51. The molecule has 0 saturated heterocycles. The molecule has 2 aliphatic heterocycles. The molecule has 16 bridgehead atoms. The Labute approximate surface area is 276 Å². The van der Waals surface area contributed by atoms with Crippen molar-refractivity contribution in [3.63, 3.8) is 0 Å². The van der Waals surface area contributed by atoms with Crippen LogP contribution in [0.1, 0.15) is 44.5 Å². The van der Waals surface area contributed by atoms with E-state index in [4.69, 9.17) is 9.97 Å². The summed E-state index contributed by atoms with van der Waals surface area (Å²) in [6.45, 7) is 0. The number of nitrogens with zero attached hydrogens (tertiary/aromatic N) is 2. The van der Waals surface area contributed by atoms with Crippen LogP contribution < -0.4 is 0 Å². The maximum atomic E-state index is 5.51. The number of hydrogen-bond donors (Lipinski definition) is 2. The van der Waals surface area contributed by atoms with Gasteiger partial charge < -0.3 is 9.97 Å². The third kappa shape index (κ3) is 2.95. The lowest BCUT2D eigenvalue weighted by molar-refractivity contribution is 0.930. The molecule has 7 aromatic rings. The van der Waals surface area contributed by atoms with E-state index < -0.39 is 0 Å². The SMILES string of the molecule is c1cc2c3c(c1CC2)-c1cc2[nH]c(cc4nc(cc5[nH]c(cc-3n1)c1c3ccc(c51)CC3)-c1c3ccc(c1-4)CC3)c1c3ccc(c21)CC3. The number of nitrogens with one attached hydrogen (secondary N) is 2. The first kappa shape index (κ1) is 24.7. The van der Waals surface area contributed by atoms with Crippen LogP contribution in [0.15, 0.2) is 72.8 Å². The molecule has 10 aliphatic rings. The highest BCUT2D eigenvalue weighted by Gasteiger charge is 2.30. The van der Waals surface area contributed by atoms with E-state index in [0.29, 0.717) is 0 Å². The average Bonchev–Trinajstić information content (AvgIpc) is 3.92. The Morgan fingerprint density at radius 2 is 0.542 bits per heavy atom. The van der Waals surface area contributed by atoms with E-state index in [1.54, 1.807) is 0 Å². The van der Waals surface area contributed by atoms with Crippen LogP contribution in [0, 0.1) is 0 Å². The fourth-order valence-corrected chi connectivity index (χ4v) is 10.3. The summed E-state index contributed by atoms with van der Waals surface area (Å²) in [6.07, 6.45) is 8.73. The zero-order valence-electron chi connectivity index (χ0n) is 26.5. The maximum Gasteiger partial charge on any atom is 0.0740 e. The third-order valence-electron chi connectivity index (χ3n) is 12.4. The molecular weight excluding hydrogens is 585 g/mol. The van der Waals surface area contributed by atoms with Crippen LogP contribution in [0.4, 0.5) is 0 Å². The quantitative estimate of drug-likeness (QED) is 0.179. The van der Waals surface area contributed by atoms with Crippen molar-refractivity contribution < 1.29 is 0 Å². The highest BCUT2D eigenvalue weighted by atomic mass is 14.8. The van der Waals surface area contributed by atoms with Gasteiger partial charge in [0.25, 0.3) is 0 Å². The van der Waals surface area contributed by atoms with Crippen molar-refractivity contribution in [2.24, 2.45) is 0 Å². The fraction of sp³-hybridized carbons (Fsp3) is 0.182. The van der Waals surface area contributed by atoms with Gasteiger partial charge in [0, 0.05) is 65.9 Å². The van der Waals surface area contributed by atoms with Gasteiger partial charge in [0.2, 0.25) is 0 Å². The standard InChI is InChI=1S/C44H30N4/c1-2-22-4-3-21(1)37-29-17-31-39-23-5-7-25(8-6-23)41(39)33(46-31)19-35-43-27-13-15-28(16-14-27)44(43)36(48-35)20-34-42-26-11-9-24(10-12-26)40(42)32(47-34)18-30(45-29)38(22)37/h1-2,5,7,9,11,13,15,17-20,45,48H,3-4,6,8,10,12,14,16H2. The molecule has 226 valence electrons. The fourth-order valence-electron chi connectivity index (χ4n) is 10.3. The van der Waals surface area contributed by atoms with Gasteiger partial charge >= 0.3 is 0 Å². The Morgan fingerprint density at radius 1 is 0.312 bits per heavy atom. The van der Waals surface area contributed by atoms with Crippen molar-refractivity contribution in [1.29, 1.82) is 0 Å². The van der Waals surface area contributed by atoms with E-state index >= 15 is 0 Å². The van der Waals surface area contributed by atoms with E-state index in [2.05, 4.69) is 82.8 Å². The number of benzene rings is 4. The van der Waals surface area contributed by atoms with Gasteiger partial charge in [0.1, 0.15) is 0 Å². The number of rotatable bonds is 0. The van der Waals surface area contributed by atoms with Crippen molar-refractivity contribution in [2.75, 3.05) is 0 Å². The topological polar surface area (TPSA) is 57.4 Å². The first-order valence-corrected chi connectivity index (χ1v) is 17.7. The summed E-state index contributed by atoms with van der Waals surface area (Å²) in [7, 11) is 0. The second kappa shape index (κ2) is 8.32. The number of hydrogen-bond acceptors (Lipinski definition) is 2. The molecule has 0 amide bonds. The van der Waals surface area contributed by atoms with Crippen LogP contribution in [0.3, 0.4) is 0 Å². The zero-order chi connectivity index (χ0) is 30.8.